The first-order chi connectivity index (χ1) is 7.36. The van der Waals surface area contributed by atoms with Crippen LogP contribution in [0.15, 0.2) is 6.20 Å². The minimum absolute atomic E-state index is 0.275. The van der Waals surface area contributed by atoms with E-state index in [4.69, 9.17) is 0 Å². The summed E-state index contributed by atoms with van der Waals surface area (Å²) in [5.74, 6) is -0.840. The van der Waals surface area contributed by atoms with Gasteiger partial charge in [0, 0.05) is 32.4 Å². The van der Waals surface area contributed by atoms with Crippen LogP contribution in [0.5, 0.6) is 0 Å². The third-order valence-corrected chi connectivity index (χ3v) is 1.89. The van der Waals surface area contributed by atoms with Gasteiger partial charge in [-0.3, -0.25) is 0 Å². The molecule has 0 spiro atoms. The van der Waals surface area contributed by atoms with E-state index in [1.54, 1.807) is 21.1 Å². The monoisotopic (exact) mass is 234 g/mol. The van der Waals surface area contributed by atoms with E-state index in [0.717, 1.165) is 0 Å². The molecule has 0 aromatic carbocycles. The Kier molecular flexibility index (Phi) is 3.69. The number of nitrogens with zero attached hydrogens (tertiary/aromatic N) is 3. The molecule has 0 radical (unpaired) electrons. The van der Waals surface area contributed by atoms with Crippen molar-refractivity contribution in [3.8, 4) is 0 Å². The van der Waals surface area contributed by atoms with E-state index in [0.29, 0.717) is 12.1 Å². The standard InChI is InChI=1S/C9H13F3N4/c1-13-4-6-5-14-8(9(10,11)12)15-7(6)16(2)3/h5,13H,4H2,1-3H3. The van der Waals surface area contributed by atoms with Crippen LogP contribution in [0.25, 0.3) is 0 Å². The van der Waals surface area contributed by atoms with Gasteiger partial charge in [-0.15, -0.1) is 0 Å². The summed E-state index contributed by atoms with van der Waals surface area (Å²) in [5.41, 5.74) is 0.625. The lowest BCUT2D eigenvalue weighted by atomic mass is 10.3. The maximum Gasteiger partial charge on any atom is 0.451 e. The van der Waals surface area contributed by atoms with Crippen molar-refractivity contribution in [2.45, 2.75) is 12.7 Å². The van der Waals surface area contributed by atoms with Crippen LogP contribution in [0.3, 0.4) is 0 Å². The number of alkyl halides is 3. The molecule has 1 N–H and O–H groups in total. The zero-order chi connectivity index (χ0) is 12.3. The van der Waals surface area contributed by atoms with Gasteiger partial charge in [-0.1, -0.05) is 0 Å². The van der Waals surface area contributed by atoms with Crippen molar-refractivity contribution in [1.29, 1.82) is 0 Å². The van der Waals surface area contributed by atoms with Crippen LogP contribution in [-0.2, 0) is 12.7 Å². The lowest BCUT2D eigenvalue weighted by molar-refractivity contribution is -0.144. The van der Waals surface area contributed by atoms with Crippen molar-refractivity contribution in [1.82, 2.24) is 15.3 Å². The first-order valence-electron chi connectivity index (χ1n) is 4.61. The normalized spacial score (nSPS) is 11.6. The van der Waals surface area contributed by atoms with E-state index >= 15 is 0 Å². The minimum Gasteiger partial charge on any atom is -0.362 e. The molecule has 0 saturated carbocycles. The summed E-state index contributed by atoms with van der Waals surface area (Å²) in [6.07, 6.45) is -3.31. The van der Waals surface area contributed by atoms with Crippen LogP contribution >= 0.6 is 0 Å². The summed E-state index contributed by atoms with van der Waals surface area (Å²) in [5, 5.41) is 2.85. The molecule has 0 saturated heterocycles. The van der Waals surface area contributed by atoms with Crippen LogP contribution < -0.4 is 10.2 Å². The van der Waals surface area contributed by atoms with Crippen LogP contribution in [0.1, 0.15) is 11.4 Å². The maximum atomic E-state index is 12.4. The molecule has 0 unspecified atom stereocenters. The number of nitrogens with one attached hydrogen (secondary N) is 1. The molecule has 1 heterocycles. The van der Waals surface area contributed by atoms with Gasteiger partial charge in [-0.2, -0.15) is 13.2 Å². The number of hydrogen-bond donors (Lipinski definition) is 1. The van der Waals surface area contributed by atoms with Crippen molar-refractivity contribution in [3.63, 3.8) is 0 Å². The smallest absolute Gasteiger partial charge is 0.362 e. The Bertz CT molecular complexity index is 362. The van der Waals surface area contributed by atoms with E-state index in [1.807, 2.05) is 0 Å². The Morgan fingerprint density at radius 2 is 2.00 bits per heavy atom. The predicted molar refractivity (Wildman–Crippen MR) is 54.1 cm³/mol. The molecule has 0 aliphatic heterocycles. The lowest BCUT2D eigenvalue weighted by Gasteiger charge is -2.17. The second-order valence-corrected chi connectivity index (χ2v) is 3.46. The number of hydrogen-bond acceptors (Lipinski definition) is 4. The molecule has 0 aliphatic rings. The molecule has 1 rings (SSSR count). The van der Waals surface area contributed by atoms with Gasteiger partial charge in [0.15, 0.2) is 0 Å². The van der Waals surface area contributed by atoms with Gasteiger partial charge in [-0.05, 0) is 7.05 Å². The fourth-order valence-corrected chi connectivity index (χ4v) is 1.24. The third kappa shape index (κ3) is 2.82. The number of anilines is 1. The number of halogens is 3. The van der Waals surface area contributed by atoms with Gasteiger partial charge in [0.2, 0.25) is 5.82 Å². The Labute approximate surface area is 91.5 Å². The van der Waals surface area contributed by atoms with Gasteiger partial charge in [0.05, 0.1) is 0 Å². The molecule has 0 amide bonds. The Morgan fingerprint density at radius 3 is 2.44 bits per heavy atom. The molecule has 0 atom stereocenters. The number of rotatable bonds is 3. The molecular weight excluding hydrogens is 221 g/mol. The summed E-state index contributed by atoms with van der Waals surface area (Å²) in [7, 11) is 4.99. The summed E-state index contributed by atoms with van der Waals surface area (Å²) in [6.45, 7) is 0.422. The molecule has 4 nitrogen and oxygen atoms in total. The van der Waals surface area contributed by atoms with Crippen LogP contribution in [0, 0.1) is 0 Å². The largest absolute Gasteiger partial charge is 0.451 e. The van der Waals surface area contributed by atoms with E-state index in [2.05, 4.69) is 15.3 Å². The molecule has 16 heavy (non-hydrogen) atoms. The Balaban J connectivity index is 3.17. The molecule has 1 aromatic heterocycles. The first-order valence-corrected chi connectivity index (χ1v) is 4.61. The second-order valence-electron chi connectivity index (χ2n) is 3.46. The van der Waals surface area contributed by atoms with Crippen molar-refractivity contribution in [3.05, 3.63) is 17.6 Å². The van der Waals surface area contributed by atoms with Crippen LogP contribution in [-0.4, -0.2) is 31.1 Å². The molecular formula is C9H13F3N4. The SMILES string of the molecule is CNCc1cnc(C(F)(F)F)nc1N(C)C. The highest BCUT2D eigenvalue weighted by Crippen LogP contribution is 2.28. The van der Waals surface area contributed by atoms with E-state index in [-0.39, 0.29) is 5.82 Å². The molecule has 7 heteroatoms. The summed E-state index contributed by atoms with van der Waals surface area (Å²) < 4.78 is 37.2. The summed E-state index contributed by atoms with van der Waals surface area (Å²) in [4.78, 5) is 8.35. The van der Waals surface area contributed by atoms with Gasteiger partial charge in [-0.25, -0.2) is 9.97 Å². The number of aromatic nitrogens is 2. The quantitative estimate of drug-likeness (QED) is 0.855. The van der Waals surface area contributed by atoms with Gasteiger partial charge in [0.1, 0.15) is 5.82 Å². The second kappa shape index (κ2) is 4.65. The topological polar surface area (TPSA) is 41.1 Å². The average Bonchev–Trinajstić information content (AvgIpc) is 2.16. The predicted octanol–water partition coefficient (Wildman–Crippen LogP) is 1.28. The third-order valence-electron chi connectivity index (χ3n) is 1.89. The van der Waals surface area contributed by atoms with Gasteiger partial charge < -0.3 is 10.2 Å². The average molecular weight is 234 g/mol. The van der Waals surface area contributed by atoms with Crippen LogP contribution in [0.2, 0.25) is 0 Å². The van der Waals surface area contributed by atoms with Crippen LogP contribution in [0.4, 0.5) is 19.0 Å². The van der Waals surface area contributed by atoms with E-state index in [1.165, 1.54) is 11.1 Å². The highest BCUT2D eigenvalue weighted by molar-refractivity contribution is 5.44. The highest BCUT2D eigenvalue weighted by Gasteiger charge is 2.35. The zero-order valence-corrected chi connectivity index (χ0v) is 9.26. The molecule has 0 aliphatic carbocycles. The highest BCUT2D eigenvalue weighted by atomic mass is 19.4. The van der Waals surface area contributed by atoms with Gasteiger partial charge in [0.25, 0.3) is 0 Å². The Hall–Kier alpha value is -1.37. The summed E-state index contributed by atoms with van der Waals surface area (Å²) >= 11 is 0. The molecule has 90 valence electrons. The van der Waals surface area contributed by atoms with E-state index < -0.39 is 12.0 Å². The fraction of sp³-hybridized carbons (Fsp3) is 0.556. The fourth-order valence-electron chi connectivity index (χ4n) is 1.24. The maximum absolute atomic E-state index is 12.4. The van der Waals surface area contributed by atoms with Crippen molar-refractivity contribution in [2.75, 3.05) is 26.0 Å². The lowest BCUT2D eigenvalue weighted by Crippen LogP contribution is -2.20. The molecule has 0 fully saturated rings. The summed E-state index contributed by atoms with van der Waals surface area (Å²) in [6, 6.07) is 0. The van der Waals surface area contributed by atoms with Crippen molar-refractivity contribution < 1.29 is 13.2 Å². The van der Waals surface area contributed by atoms with Crippen molar-refractivity contribution >= 4 is 5.82 Å². The first kappa shape index (κ1) is 12.7. The minimum atomic E-state index is -4.51. The van der Waals surface area contributed by atoms with Gasteiger partial charge >= 0.3 is 6.18 Å². The molecule has 0 bridgehead atoms. The molecule has 1 aromatic rings. The van der Waals surface area contributed by atoms with E-state index in [9.17, 15) is 13.2 Å². The zero-order valence-electron chi connectivity index (χ0n) is 9.26. The Morgan fingerprint density at radius 1 is 1.38 bits per heavy atom. The van der Waals surface area contributed by atoms with Crippen molar-refractivity contribution in [2.24, 2.45) is 0 Å².